The normalized spacial score (nSPS) is 24.1. The minimum Gasteiger partial charge on any atom is -0.459 e. The van der Waals surface area contributed by atoms with Crippen molar-refractivity contribution in [2.75, 3.05) is 12.8 Å². The molecule has 8 heteroatoms. The van der Waals surface area contributed by atoms with E-state index in [-0.39, 0.29) is 18.2 Å². The molecule has 0 saturated carbocycles. The molecule has 124 valence electrons. The molecule has 2 aliphatic rings. The highest BCUT2D eigenvalue weighted by Crippen LogP contribution is 2.40. The van der Waals surface area contributed by atoms with Gasteiger partial charge in [0.1, 0.15) is 0 Å². The van der Waals surface area contributed by atoms with E-state index >= 15 is 0 Å². The SMILES string of the molecule is CCC[C@H]1C(=O)N(S(C)(=O)=O)C2=CCN(C(=O)c3ccco3)[C@@H]21. The summed E-state index contributed by atoms with van der Waals surface area (Å²) in [5.74, 6) is -1.15. The number of carbonyl (C=O) groups excluding carboxylic acids is 2. The van der Waals surface area contributed by atoms with Gasteiger partial charge in [-0.2, -0.15) is 0 Å². The fraction of sp³-hybridized carbons (Fsp3) is 0.467. The number of furan rings is 1. The topological polar surface area (TPSA) is 87.9 Å². The van der Waals surface area contributed by atoms with Crippen molar-refractivity contribution in [1.82, 2.24) is 9.21 Å². The lowest BCUT2D eigenvalue weighted by molar-refractivity contribution is -0.127. The summed E-state index contributed by atoms with van der Waals surface area (Å²) in [6.07, 6.45) is 5.30. The average molecular weight is 338 g/mol. The van der Waals surface area contributed by atoms with Gasteiger partial charge in [-0.15, -0.1) is 0 Å². The van der Waals surface area contributed by atoms with Crippen LogP contribution in [0, 0.1) is 5.92 Å². The van der Waals surface area contributed by atoms with Crippen LogP contribution in [-0.2, 0) is 14.8 Å². The molecule has 3 rings (SSSR count). The fourth-order valence-electron chi connectivity index (χ4n) is 3.32. The van der Waals surface area contributed by atoms with Gasteiger partial charge in [0, 0.05) is 6.54 Å². The maximum Gasteiger partial charge on any atom is 0.290 e. The Morgan fingerprint density at radius 2 is 2.17 bits per heavy atom. The van der Waals surface area contributed by atoms with Crippen molar-refractivity contribution in [1.29, 1.82) is 0 Å². The summed E-state index contributed by atoms with van der Waals surface area (Å²) < 4.78 is 30.0. The number of hydrogen-bond acceptors (Lipinski definition) is 5. The van der Waals surface area contributed by atoms with Gasteiger partial charge in [0.25, 0.3) is 5.91 Å². The maximum atomic E-state index is 12.6. The number of nitrogens with zero attached hydrogens (tertiary/aromatic N) is 2. The van der Waals surface area contributed by atoms with Gasteiger partial charge >= 0.3 is 0 Å². The van der Waals surface area contributed by atoms with Gasteiger partial charge in [0.15, 0.2) is 5.76 Å². The van der Waals surface area contributed by atoms with Crippen LogP contribution in [-0.4, -0.2) is 48.3 Å². The summed E-state index contributed by atoms with van der Waals surface area (Å²) in [4.78, 5) is 26.6. The van der Waals surface area contributed by atoms with Crippen LogP contribution in [0.3, 0.4) is 0 Å². The molecule has 0 spiro atoms. The minimum absolute atomic E-state index is 0.181. The van der Waals surface area contributed by atoms with Crippen LogP contribution in [0.25, 0.3) is 0 Å². The molecule has 7 nitrogen and oxygen atoms in total. The second kappa shape index (κ2) is 5.52. The lowest BCUT2D eigenvalue weighted by atomic mass is 9.96. The zero-order chi connectivity index (χ0) is 16.8. The molecule has 3 heterocycles. The minimum atomic E-state index is -3.71. The van der Waals surface area contributed by atoms with Gasteiger partial charge < -0.3 is 9.32 Å². The standard InChI is InChI=1S/C15H18N2O5S/c1-3-5-10-13-11(17(14(10)18)23(2,20)21)7-8-16(13)15(19)12-6-4-9-22-12/h4,6-7,9-10,13H,3,5,8H2,1-2H3/t10-,13-/m1/s1. The summed E-state index contributed by atoms with van der Waals surface area (Å²) >= 11 is 0. The van der Waals surface area contributed by atoms with E-state index in [9.17, 15) is 18.0 Å². The predicted molar refractivity (Wildman–Crippen MR) is 81.7 cm³/mol. The molecule has 0 aromatic carbocycles. The maximum absolute atomic E-state index is 12.6. The van der Waals surface area contributed by atoms with E-state index in [0.29, 0.717) is 12.1 Å². The number of amides is 2. The molecule has 2 atom stereocenters. The highest BCUT2D eigenvalue weighted by Gasteiger charge is 2.53. The largest absolute Gasteiger partial charge is 0.459 e. The second-order valence-corrected chi connectivity index (χ2v) is 7.60. The van der Waals surface area contributed by atoms with E-state index in [4.69, 9.17) is 4.42 Å². The van der Waals surface area contributed by atoms with Gasteiger partial charge in [-0.05, 0) is 24.6 Å². The summed E-state index contributed by atoms with van der Waals surface area (Å²) in [6.45, 7) is 2.19. The summed E-state index contributed by atoms with van der Waals surface area (Å²) in [7, 11) is -3.71. The van der Waals surface area contributed by atoms with Crippen molar-refractivity contribution < 1.29 is 22.4 Å². The van der Waals surface area contributed by atoms with E-state index in [0.717, 1.165) is 17.0 Å². The first-order valence-electron chi connectivity index (χ1n) is 7.45. The highest BCUT2D eigenvalue weighted by atomic mass is 32.2. The monoisotopic (exact) mass is 338 g/mol. The molecule has 1 fully saturated rings. The number of carbonyl (C=O) groups is 2. The third-order valence-corrected chi connectivity index (χ3v) is 5.25. The summed E-state index contributed by atoms with van der Waals surface area (Å²) in [5, 5.41) is 0. The fourth-order valence-corrected chi connectivity index (χ4v) is 4.35. The molecule has 0 radical (unpaired) electrons. The molecule has 1 aromatic rings. The van der Waals surface area contributed by atoms with Crippen LogP contribution >= 0.6 is 0 Å². The van der Waals surface area contributed by atoms with Crippen molar-refractivity contribution in [3.8, 4) is 0 Å². The predicted octanol–water partition coefficient (Wildman–Crippen LogP) is 1.21. The van der Waals surface area contributed by atoms with Gasteiger partial charge in [-0.25, -0.2) is 12.7 Å². The van der Waals surface area contributed by atoms with Crippen LogP contribution in [0.5, 0.6) is 0 Å². The van der Waals surface area contributed by atoms with Gasteiger partial charge in [0.2, 0.25) is 15.9 Å². The number of rotatable bonds is 4. The van der Waals surface area contributed by atoms with Crippen LogP contribution in [0.2, 0.25) is 0 Å². The average Bonchev–Trinajstić information content (AvgIpc) is 3.16. The Hall–Kier alpha value is -2.09. The summed E-state index contributed by atoms with van der Waals surface area (Å²) in [5.41, 5.74) is 0.385. The number of fused-ring (bicyclic) bond motifs is 1. The lowest BCUT2D eigenvalue weighted by Gasteiger charge is -2.26. The third kappa shape index (κ3) is 2.46. The van der Waals surface area contributed by atoms with Crippen molar-refractivity contribution in [2.24, 2.45) is 5.92 Å². The molecule has 2 aliphatic heterocycles. The van der Waals surface area contributed by atoms with Gasteiger partial charge in [-0.1, -0.05) is 13.3 Å². The molecular weight excluding hydrogens is 320 g/mol. The molecule has 1 aromatic heterocycles. The van der Waals surface area contributed by atoms with Crippen molar-refractivity contribution >= 4 is 21.8 Å². The number of hydrogen-bond donors (Lipinski definition) is 0. The lowest BCUT2D eigenvalue weighted by Crippen LogP contribution is -2.41. The van der Waals surface area contributed by atoms with Gasteiger partial charge in [0.05, 0.1) is 30.2 Å². The Bertz CT molecular complexity index is 766. The Morgan fingerprint density at radius 1 is 1.43 bits per heavy atom. The van der Waals surface area contributed by atoms with E-state index < -0.39 is 27.9 Å². The molecule has 23 heavy (non-hydrogen) atoms. The van der Waals surface area contributed by atoms with Crippen LogP contribution in [0.1, 0.15) is 30.3 Å². The van der Waals surface area contributed by atoms with E-state index in [1.807, 2.05) is 6.92 Å². The van der Waals surface area contributed by atoms with Crippen LogP contribution in [0.15, 0.2) is 34.6 Å². The third-order valence-electron chi connectivity index (χ3n) is 4.19. The van der Waals surface area contributed by atoms with E-state index in [2.05, 4.69) is 0 Å². The number of sulfonamides is 1. The second-order valence-electron chi connectivity index (χ2n) is 5.77. The Kier molecular flexibility index (Phi) is 3.79. The highest BCUT2D eigenvalue weighted by molar-refractivity contribution is 7.89. The molecule has 0 bridgehead atoms. The molecular formula is C15H18N2O5S. The molecule has 2 amide bonds. The van der Waals surface area contributed by atoms with Crippen LogP contribution in [0.4, 0.5) is 0 Å². The Morgan fingerprint density at radius 3 is 2.74 bits per heavy atom. The van der Waals surface area contributed by atoms with Gasteiger partial charge in [-0.3, -0.25) is 9.59 Å². The molecule has 0 unspecified atom stereocenters. The Balaban J connectivity index is 1.98. The zero-order valence-corrected chi connectivity index (χ0v) is 13.7. The zero-order valence-electron chi connectivity index (χ0n) is 12.9. The first-order valence-corrected chi connectivity index (χ1v) is 9.29. The Labute approximate surface area is 134 Å². The molecule has 1 saturated heterocycles. The van der Waals surface area contributed by atoms with Crippen molar-refractivity contribution in [3.05, 3.63) is 35.9 Å². The smallest absolute Gasteiger partial charge is 0.290 e. The first-order chi connectivity index (χ1) is 10.9. The molecule has 0 aliphatic carbocycles. The summed E-state index contributed by atoms with van der Waals surface area (Å²) in [6, 6.07) is 2.62. The van der Waals surface area contributed by atoms with E-state index in [1.165, 1.54) is 11.2 Å². The van der Waals surface area contributed by atoms with E-state index in [1.54, 1.807) is 18.2 Å². The van der Waals surface area contributed by atoms with Crippen molar-refractivity contribution in [2.45, 2.75) is 25.8 Å². The quantitative estimate of drug-likeness (QED) is 0.823. The van der Waals surface area contributed by atoms with Crippen LogP contribution < -0.4 is 0 Å². The van der Waals surface area contributed by atoms with Crippen molar-refractivity contribution in [3.63, 3.8) is 0 Å². The first kappa shape index (κ1) is 15.8. The molecule has 0 N–H and O–H groups in total.